The number of rotatable bonds is 4. The van der Waals surface area contributed by atoms with Crippen LogP contribution < -0.4 is 9.47 Å². The van der Waals surface area contributed by atoms with Crippen molar-refractivity contribution < 1.29 is 19.0 Å². The van der Waals surface area contributed by atoms with E-state index in [0.29, 0.717) is 18.1 Å². The van der Waals surface area contributed by atoms with Gasteiger partial charge in [0.2, 0.25) is 0 Å². The summed E-state index contributed by atoms with van der Waals surface area (Å²) in [6, 6.07) is 16.8. The van der Waals surface area contributed by atoms with Gasteiger partial charge < -0.3 is 14.2 Å². The van der Waals surface area contributed by atoms with Crippen molar-refractivity contribution in [3.63, 3.8) is 0 Å². The largest absolute Gasteiger partial charge is 0.466 e. The smallest absolute Gasteiger partial charge is 0.314 e. The van der Waals surface area contributed by atoms with Crippen molar-refractivity contribution in [3.05, 3.63) is 60.2 Å². The highest BCUT2D eigenvalue weighted by atomic mass is 16.7. The van der Waals surface area contributed by atoms with Gasteiger partial charge in [-0.15, -0.1) is 0 Å². The van der Waals surface area contributed by atoms with Gasteiger partial charge in [-0.1, -0.05) is 42.5 Å². The van der Waals surface area contributed by atoms with E-state index in [4.69, 9.17) is 14.2 Å². The summed E-state index contributed by atoms with van der Waals surface area (Å²) >= 11 is 0. The van der Waals surface area contributed by atoms with Crippen LogP contribution >= 0.6 is 0 Å². The number of carbonyl (C=O) groups is 1. The Bertz CT molecular complexity index is 611. The van der Waals surface area contributed by atoms with E-state index in [1.165, 1.54) is 0 Å². The van der Waals surface area contributed by atoms with Gasteiger partial charge in [0.05, 0.1) is 6.61 Å². The third-order valence-electron chi connectivity index (χ3n) is 3.29. The fourth-order valence-corrected chi connectivity index (χ4v) is 2.38. The van der Waals surface area contributed by atoms with Gasteiger partial charge in [0.1, 0.15) is 6.42 Å². The van der Waals surface area contributed by atoms with Gasteiger partial charge in [-0.2, -0.15) is 0 Å². The molecule has 2 aromatic rings. The van der Waals surface area contributed by atoms with Crippen LogP contribution in [0.25, 0.3) is 0 Å². The van der Waals surface area contributed by atoms with Crippen LogP contribution in [0.4, 0.5) is 0 Å². The highest BCUT2D eigenvalue weighted by Gasteiger charge is 2.45. The van der Waals surface area contributed by atoms with E-state index in [1.807, 2.05) is 54.6 Å². The lowest BCUT2D eigenvalue weighted by Crippen LogP contribution is -2.38. The summed E-state index contributed by atoms with van der Waals surface area (Å²) in [7, 11) is 0. The Kier molecular flexibility index (Phi) is 3.52. The molecule has 4 heteroatoms. The van der Waals surface area contributed by atoms with Gasteiger partial charge in [-0.3, -0.25) is 4.79 Å². The average molecular weight is 284 g/mol. The molecule has 4 nitrogen and oxygen atoms in total. The molecule has 3 rings (SSSR count). The van der Waals surface area contributed by atoms with Crippen LogP contribution in [0.15, 0.2) is 54.6 Å². The highest BCUT2D eigenvalue weighted by molar-refractivity contribution is 5.71. The summed E-state index contributed by atoms with van der Waals surface area (Å²) in [6.45, 7) is 2.11. The van der Waals surface area contributed by atoms with Crippen molar-refractivity contribution >= 4 is 5.97 Å². The standard InChI is InChI=1S/C17H16O4/c1-2-19-16(18)12-17(13-8-4-3-5-9-13)20-14-10-6-7-11-15(14)21-17/h3-11H,2,12H2,1H3. The first kappa shape index (κ1) is 13.5. The summed E-state index contributed by atoms with van der Waals surface area (Å²) in [6.07, 6.45) is -0.000463. The number of fused-ring (bicyclic) bond motifs is 1. The Hall–Kier alpha value is -2.49. The van der Waals surface area contributed by atoms with E-state index in [1.54, 1.807) is 6.92 Å². The molecular weight excluding hydrogens is 268 g/mol. The fourth-order valence-electron chi connectivity index (χ4n) is 2.38. The van der Waals surface area contributed by atoms with Crippen LogP contribution in [0, 0.1) is 0 Å². The number of esters is 1. The lowest BCUT2D eigenvalue weighted by atomic mass is 10.0. The number of para-hydroxylation sites is 2. The summed E-state index contributed by atoms with van der Waals surface area (Å²) < 4.78 is 17.0. The number of hydrogen-bond donors (Lipinski definition) is 0. The zero-order valence-corrected chi connectivity index (χ0v) is 11.7. The van der Waals surface area contributed by atoms with Crippen LogP contribution in [0.3, 0.4) is 0 Å². The third kappa shape index (κ3) is 2.57. The molecule has 1 aliphatic rings. The van der Waals surface area contributed by atoms with Crippen molar-refractivity contribution in [1.82, 2.24) is 0 Å². The maximum Gasteiger partial charge on any atom is 0.314 e. The quantitative estimate of drug-likeness (QED) is 0.808. The average Bonchev–Trinajstić information content (AvgIpc) is 2.87. The second-order valence-corrected chi connectivity index (χ2v) is 4.75. The van der Waals surface area contributed by atoms with E-state index < -0.39 is 5.79 Å². The number of carbonyl (C=O) groups excluding carboxylic acids is 1. The first-order chi connectivity index (χ1) is 10.2. The second-order valence-electron chi connectivity index (χ2n) is 4.75. The second kappa shape index (κ2) is 5.48. The van der Waals surface area contributed by atoms with Gasteiger partial charge in [0.25, 0.3) is 5.79 Å². The van der Waals surface area contributed by atoms with Crippen molar-refractivity contribution in [2.75, 3.05) is 6.61 Å². The molecule has 21 heavy (non-hydrogen) atoms. The topological polar surface area (TPSA) is 44.8 Å². The monoisotopic (exact) mass is 284 g/mol. The number of hydrogen-bond acceptors (Lipinski definition) is 4. The molecule has 0 N–H and O–H groups in total. The van der Waals surface area contributed by atoms with Crippen molar-refractivity contribution in [1.29, 1.82) is 0 Å². The molecule has 1 aliphatic heterocycles. The predicted octanol–water partition coefficient (Wildman–Crippen LogP) is 3.26. The van der Waals surface area contributed by atoms with Gasteiger partial charge >= 0.3 is 5.97 Å². The van der Waals surface area contributed by atoms with Crippen molar-refractivity contribution in [2.24, 2.45) is 0 Å². The lowest BCUT2D eigenvalue weighted by Gasteiger charge is -2.27. The first-order valence-corrected chi connectivity index (χ1v) is 6.92. The molecule has 0 radical (unpaired) electrons. The molecule has 0 atom stereocenters. The molecule has 0 bridgehead atoms. The van der Waals surface area contributed by atoms with Gasteiger partial charge in [0, 0.05) is 5.56 Å². The third-order valence-corrected chi connectivity index (χ3v) is 3.29. The summed E-state index contributed by atoms with van der Waals surface area (Å²) in [5, 5.41) is 0. The van der Waals surface area contributed by atoms with Crippen LogP contribution in [0.2, 0.25) is 0 Å². The molecule has 0 saturated carbocycles. The minimum atomic E-state index is -1.16. The maximum atomic E-state index is 11.9. The van der Waals surface area contributed by atoms with E-state index >= 15 is 0 Å². The number of benzene rings is 2. The molecular formula is C17H16O4. The minimum Gasteiger partial charge on any atom is -0.466 e. The zero-order chi connectivity index (χ0) is 14.7. The predicted molar refractivity (Wildman–Crippen MR) is 77.1 cm³/mol. The molecule has 0 saturated heterocycles. The summed E-state index contributed by atoms with van der Waals surface area (Å²) in [5.41, 5.74) is 0.786. The first-order valence-electron chi connectivity index (χ1n) is 6.92. The molecule has 1 heterocycles. The molecule has 0 unspecified atom stereocenters. The normalized spacial score (nSPS) is 14.7. The summed E-state index contributed by atoms with van der Waals surface area (Å²) in [4.78, 5) is 11.9. The number of ether oxygens (including phenoxy) is 3. The summed E-state index contributed by atoms with van der Waals surface area (Å²) in [5.74, 6) is -0.248. The Morgan fingerprint density at radius 1 is 1.00 bits per heavy atom. The lowest BCUT2D eigenvalue weighted by molar-refractivity contribution is -0.159. The molecule has 2 aromatic carbocycles. The van der Waals surface area contributed by atoms with Crippen molar-refractivity contribution in [2.45, 2.75) is 19.1 Å². The highest BCUT2D eigenvalue weighted by Crippen LogP contribution is 2.45. The fraction of sp³-hybridized carbons (Fsp3) is 0.235. The molecule has 0 aliphatic carbocycles. The van der Waals surface area contributed by atoms with E-state index in [2.05, 4.69) is 0 Å². The Morgan fingerprint density at radius 3 is 2.14 bits per heavy atom. The zero-order valence-electron chi connectivity index (χ0n) is 11.7. The van der Waals surface area contributed by atoms with E-state index in [-0.39, 0.29) is 12.4 Å². The van der Waals surface area contributed by atoms with E-state index in [0.717, 1.165) is 5.56 Å². The van der Waals surface area contributed by atoms with Gasteiger partial charge in [0.15, 0.2) is 11.5 Å². The van der Waals surface area contributed by atoms with Crippen LogP contribution in [0.1, 0.15) is 18.9 Å². The molecule has 0 aromatic heterocycles. The molecule has 0 spiro atoms. The van der Waals surface area contributed by atoms with Crippen LogP contribution in [-0.2, 0) is 15.3 Å². The Balaban J connectivity index is 1.96. The van der Waals surface area contributed by atoms with Gasteiger partial charge in [-0.25, -0.2) is 0 Å². The minimum absolute atomic E-state index is 0.000463. The SMILES string of the molecule is CCOC(=O)CC1(c2ccccc2)Oc2ccccc2O1. The Morgan fingerprint density at radius 2 is 1.57 bits per heavy atom. The van der Waals surface area contributed by atoms with Crippen LogP contribution in [0.5, 0.6) is 11.5 Å². The van der Waals surface area contributed by atoms with E-state index in [9.17, 15) is 4.79 Å². The maximum absolute atomic E-state index is 11.9. The molecule has 108 valence electrons. The molecule has 0 amide bonds. The molecule has 0 fully saturated rings. The van der Waals surface area contributed by atoms with Crippen molar-refractivity contribution in [3.8, 4) is 11.5 Å². The van der Waals surface area contributed by atoms with Gasteiger partial charge in [-0.05, 0) is 19.1 Å². The Labute approximate surface area is 123 Å². The van der Waals surface area contributed by atoms with Crippen LogP contribution in [-0.4, -0.2) is 12.6 Å².